The summed E-state index contributed by atoms with van der Waals surface area (Å²) in [5, 5.41) is 9.32. The van der Waals surface area contributed by atoms with Gasteiger partial charge >= 0.3 is 0 Å². The molecule has 0 heterocycles. The van der Waals surface area contributed by atoms with Crippen LogP contribution in [0.5, 0.6) is 5.75 Å². The first kappa shape index (κ1) is 15.1. The predicted molar refractivity (Wildman–Crippen MR) is 85.6 cm³/mol. The first-order valence-electron chi connectivity index (χ1n) is 7.27. The summed E-state index contributed by atoms with van der Waals surface area (Å²) >= 11 is 0. The molecule has 0 spiro atoms. The van der Waals surface area contributed by atoms with Crippen molar-refractivity contribution in [3.8, 4) is 11.8 Å². The molecule has 0 bridgehead atoms. The molecule has 0 N–H and O–H groups in total. The average molecular weight is 279 g/mol. The van der Waals surface area contributed by atoms with E-state index in [2.05, 4.69) is 39.0 Å². The van der Waals surface area contributed by atoms with E-state index in [-0.39, 0.29) is 5.92 Å². The van der Waals surface area contributed by atoms with Crippen LogP contribution < -0.4 is 4.74 Å². The zero-order chi connectivity index (χ0) is 15.2. The van der Waals surface area contributed by atoms with E-state index in [4.69, 9.17) is 4.74 Å². The van der Waals surface area contributed by atoms with E-state index in [1.165, 1.54) is 11.1 Å². The highest BCUT2D eigenvalue weighted by Gasteiger charge is 2.12. The summed E-state index contributed by atoms with van der Waals surface area (Å²) in [5.41, 5.74) is 4.62. The Morgan fingerprint density at radius 3 is 2.33 bits per heavy atom. The van der Waals surface area contributed by atoms with E-state index in [0.717, 1.165) is 16.9 Å². The quantitative estimate of drug-likeness (QED) is 0.795. The van der Waals surface area contributed by atoms with Gasteiger partial charge in [0.1, 0.15) is 5.75 Å². The van der Waals surface area contributed by atoms with Crippen molar-refractivity contribution in [3.63, 3.8) is 0 Å². The second kappa shape index (κ2) is 6.95. The van der Waals surface area contributed by atoms with Gasteiger partial charge in [0.2, 0.25) is 0 Å². The number of nitrogens with zero attached hydrogens (tertiary/aromatic N) is 1. The molecule has 0 radical (unpaired) electrons. The van der Waals surface area contributed by atoms with Gasteiger partial charge in [0.25, 0.3) is 0 Å². The normalized spacial score (nSPS) is 11.7. The summed E-state index contributed by atoms with van der Waals surface area (Å²) in [7, 11) is 0. The minimum Gasteiger partial charge on any atom is -0.493 e. The van der Waals surface area contributed by atoms with Gasteiger partial charge in [-0.25, -0.2) is 0 Å². The number of hydrogen-bond acceptors (Lipinski definition) is 2. The van der Waals surface area contributed by atoms with Gasteiger partial charge in [-0.15, -0.1) is 0 Å². The summed E-state index contributed by atoms with van der Waals surface area (Å²) in [5.74, 6) is 0.844. The molecule has 2 nitrogen and oxygen atoms in total. The van der Waals surface area contributed by atoms with Gasteiger partial charge in [0.05, 0.1) is 18.6 Å². The van der Waals surface area contributed by atoms with Gasteiger partial charge in [-0.05, 0) is 43.0 Å². The highest BCUT2D eigenvalue weighted by Crippen LogP contribution is 2.27. The molecule has 2 rings (SSSR count). The number of hydrogen-bond donors (Lipinski definition) is 0. The molecule has 21 heavy (non-hydrogen) atoms. The van der Waals surface area contributed by atoms with Crippen LogP contribution in [0.3, 0.4) is 0 Å². The second-order valence-electron chi connectivity index (χ2n) is 5.38. The molecule has 0 fully saturated rings. The molecule has 1 unspecified atom stereocenters. The Labute approximate surface area is 127 Å². The fourth-order valence-electron chi connectivity index (χ4n) is 2.42. The maximum Gasteiger partial charge on any atom is 0.125 e. The van der Waals surface area contributed by atoms with Gasteiger partial charge in [-0.1, -0.05) is 42.5 Å². The lowest BCUT2D eigenvalue weighted by molar-refractivity contribution is 0.302. The van der Waals surface area contributed by atoms with Crippen molar-refractivity contribution >= 4 is 0 Å². The average Bonchev–Trinajstić information content (AvgIpc) is 2.51. The Kier molecular flexibility index (Phi) is 5.00. The van der Waals surface area contributed by atoms with Crippen molar-refractivity contribution in [2.45, 2.75) is 33.1 Å². The zero-order valence-electron chi connectivity index (χ0n) is 12.9. The van der Waals surface area contributed by atoms with Crippen molar-refractivity contribution < 1.29 is 4.74 Å². The maximum absolute atomic E-state index is 9.32. The smallest absolute Gasteiger partial charge is 0.125 e. The predicted octanol–water partition coefficient (Wildman–Crippen LogP) is 4.69. The number of nitriles is 1. The highest BCUT2D eigenvalue weighted by molar-refractivity contribution is 5.44. The third kappa shape index (κ3) is 3.64. The molecule has 0 amide bonds. The second-order valence-corrected chi connectivity index (χ2v) is 5.38. The number of ether oxygens (including phenoxy) is 1. The lowest BCUT2D eigenvalue weighted by Crippen LogP contribution is -2.06. The molecule has 0 saturated heterocycles. The fraction of sp³-hybridized carbons (Fsp3) is 0.316. The lowest BCUT2D eigenvalue weighted by Gasteiger charge is -2.15. The van der Waals surface area contributed by atoms with Crippen molar-refractivity contribution in [1.29, 1.82) is 5.26 Å². The molecule has 108 valence electrons. The number of benzene rings is 2. The maximum atomic E-state index is 9.32. The summed E-state index contributed by atoms with van der Waals surface area (Å²) in [6.45, 7) is 6.78. The highest BCUT2D eigenvalue weighted by atomic mass is 16.5. The Balaban J connectivity index is 2.02. The molecule has 0 aliphatic heterocycles. The van der Waals surface area contributed by atoms with Crippen LogP contribution in [-0.2, 0) is 0 Å². The van der Waals surface area contributed by atoms with Gasteiger partial charge in [-0.2, -0.15) is 5.26 Å². The summed E-state index contributed by atoms with van der Waals surface area (Å²) in [6, 6.07) is 16.5. The molecule has 1 atom stereocenters. The monoisotopic (exact) mass is 279 g/mol. The van der Waals surface area contributed by atoms with Crippen LogP contribution in [0, 0.1) is 32.1 Å². The third-order valence-corrected chi connectivity index (χ3v) is 3.88. The van der Waals surface area contributed by atoms with Crippen molar-refractivity contribution in [2.75, 3.05) is 6.61 Å². The van der Waals surface area contributed by atoms with Crippen LogP contribution in [0.1, 0.15) is 34.6 Å². The molecule has 0 saturated carbocycles. The largest absolute Gasteiger partial charge is 0.493 e. The minimum absolute atomic E-state index is 0.114. The number of rotatable bonds is 5. The molecular weight excluding hydrogens is 258 g/mol. The van der Waals surface area contributed by atoms with Crippen molar-refractivity contribution in [2.24, 2.45) is 0 Å². The Hall–Kier alpha value is -2.27. The van der Waals surface area contributed by atoms with Crippen LogP contribution in [0.4, 0.5) is 0 Å². The topological polar surface area (TPSA) is 33.0 Å². The van der Waals surface area contributed by atoms with Crippen LogP contribution in [0.15, 0.2) is 42.5 Å². The van der Waals surface area contributed by atoms with Crippen LogP contribution >= 0.6 is 0 Å². The van der Waals surface area contributed by atoms with E-state index in [1.807, 2.05) is 30.3 Å². The van der Waals surface area contributed by atoms with E-state index >= 15 is 0 Å². The SMILES string of the molecule is Cc1ccc(C)c(OCCC(C#N)c2ccccc2)c1C. The molecule has 0 aliphatic carbocycles. The van der Waals surface area contributed by atoms with Gasteiger partial charge in [0.15, 0.2) is 0 Å². The van der Waals surface area contributed by atoms with Crippen LogP contribution in [0.2, 0.25) is 0 Å². The zero-order valence-corrected chi connectivity index (χ0v) is 12.9. The number of aryl methyl sites for hydroxylation is 2. The Morgan fingerprint density at radius 1 is 1.00 bits per heavy atom. The van der Waals surface area contributed by atoms with E-state index in [9.17, 15) is 5.26 Å². The van der Waals surface area contributed by atoms with Gasteiger partial charge in [0, 0.05) is 6.42 Å². The van der Waals surface area contributed by atoms with Crippen LogP contribution in [0.25, 0.3) is 0 Å². The van der Waals surface area contributed by atoms with E-state index in [0.29, 0.717) is 13.0 Å². The molecule has 2 heteroatoms. The molecule has 2 aromatic carbocycles. The fourth-order valence-corrected chi connectivity index (χ4v) is 2.42. The molecule has 0 aliphatic rings. The summed E-state index contributed by atoms with van der Waals surface area (Å²) < 4.78 is 5.95. The van der Waals surface area contributed by atoms with Gasteiger partial charge < -0.3 is 4.74 Å². The van der Waals surface area contributed by atoms with E-state index in [1.54, 1.807) is 0 Å². The van der Waals surface area contributed by atoms with Crippen molar-refractivity contribution in [1.82, 2.24) is 0 Å². The van der Waals surface area contributed by atoms with Crippen LogP contribution in [-0.4, -0.2) is 6.61 Å². The first-order valence-corrected chi connectivity index (χ1v) is 7.27. The Morgan fingerprint density at radius 2 is 1.67 bits per heavy atom. The lowest BCUT2D eigenvalue weighted by atomic mass is 9.98. The third-order valence-electron chi connectivity index (χ3n) is 3.88. The molecule has 0 aromatic heterocycles. The summed E-state index contributed by atoms with van der Waals surface area (Å²) in [6.07, 6.45) is 0.702. The van der Waals surface area contributed by atoms with Gasteiger partial charge in [-0.3, -0.25) is 0 Å². The molecular formula is C19H21NO. The molecule has 2 aromatic rings. The summed E-state index contributed by atoms with van der Waals surface area (Å²) in [4.78, 5) is 0. The van der Waals surface area contributed by atoms with E-state index < -0.39 is 0 Å². The first-order chi connectivity index (χ1) is 10.1. The Bertz CT molecular complexity index is 641. The van der Waals surface area contributed by atoms with Crippen molar-refractivity contribution in [3.05, 3.63) is 64.7 Å². The minimum atomic E-state index is -0.114. The standard InChI is InChI=1S/C19H21NO/c1-14-9-10-15(2)19(16(14)3)21-12-11-18(13-20)17-7-5-4-6-8-17/h4-10,18H,11-12H2,1-3H3.